The van der Waals surface area contributed by atoms with Gasteiger partial charge in [-0.05, 0) is 38.8 Å². The molecule has 0 aromatic heterocycles. The van der Waals surface area contributed by atoms with Crippen LogP contribution in [-0.4, -0.2) is 22.7 Å². The van der Waals surface area contributed by atoms with Gasteiger partial charge in [0.15, 0.2) is 0 Å². The number of aliphatic hydroxyl groups excluding tert-OH is 1. The maximum Gasteiger partial charge on any atom is 0.323 e. The Morgan fingerprint density at radius 2 is 1.79 bits per heavy atom. The molecule has 0 radical (unpaired) electrons. The normalized spacial score (nSPS) is 13.1. The first-order valence-electron chi connectivity index (χ1n) is 6.47. The molecule has 0 saturated carbocycles. The monoisotopic (exact) mass is 265 g/mol. The second kappa shape index (κ2) is 6.68. The van der Waals surface area contributed by atoms with Crippen LogP contribution < -0.4 is 5.32 Å². The van der Waals surface area contributed by atoms with Crippen molar-refractivity contribution in [2.24, 2.45) is 0 Å². The number of ether oxygens (including phenoxy) is 1. The van der Waals surface area contributed by atoms with Crippen molar-refractivity contribution in [3.8, 4) is 0 Å². The highest BCUT2D eigenvalue weighted by molar-refractivity contribution is 5.75. The van der Waals surface area contributed by atoms with Crippen LogP contribution in [0.3, 0.4) is 0 Å². The molecule has 0 amide bonds. The van der Waals surface area contributed by atoms with Gasteiger partial charge >= 0.3 is 5.97 Å². The second-order valence-corrected chi connectivity index (χ2v) is 5.61. The molecule has 0 fully saturated rings. The molecule has 4 heteroatoms. The average molecular weight is 265 g/mol. The lowest BCUT2D eigenvalue weighted by molar-refractivity contribution is -0.157. The highest BCUT2D eigenvalue weighted by Gasteiger charge is 2.21. The zero-order valence-corrected chi connectivity index (χ0v) is 12.1. The molecule has 1 rings (SSSR count). The largest absolute Gasteiger partial charge is 0.459 e. The Balaban J connectivity index is 2.44. The van der Waals surface area contributed by atoms with Crippen molar-refractivity contribution < 1.29 is 14.6 Å². The zero-order chi connectivity index (χ0) is 14.5. The fraction of sp³-hybridized carbons (Fsp3) is 0.533. The van der Waals surface area contributed by atoms with E-state index in [0.29, 0.717) is 6.54 Å². The molecule has 0 heterocycles. The van der Waals surface area contributed by atoms with Crippen LogP contribution in [0.4, 0.5) is 0 Å². The third kappa shape index (κ3) is 5.85. The number of esters is 1. The standard InChI is InChI=1S/C15H23NO3/c1-11(14(18)19-15(2,3)4)16-9-12-5-7-13(10-17)8-6-12/h5-8,11,16-17H,9-10H2,1-4H3. The summed E-state index contributed by atoms with van der Waals surface area (Å²) in [5, 5.41) is 12.1. The van der Waals surface area contributed by atoms with Crippen LogP contribution in [0.1, 0.15) is 38.8 Å². The van der Waals surface area contributed by atoms with Crippen molar-refractivity contribution in [3.63, 3.8) is 0 Å². The molecule has 0 bridgehead atoms. The summed E-state index contributed by atoms with van der Waals surface area (Å²) >= 11 is 0. The van der Waals surface area contributed by atoms with E-state index in [1.807, 2.05) is 45.0 Å². The molecular weight excluding hydrogens is 242 g/mol. The lowest BCUT2D eigenvalue weighted by Crippen LogP contribution is -2.38. The van der Waals surface area contributed by atoms with E-state index in [1.54, 1.807) is 6.92 Å². The first-order chi connectivity index (χ1) is 8.81. The van der Waals surface area contributed by atoms with E-state index in [4.69, 9.17) is 9.84 Å². The Hall–Kier alpha value is -1.39. The van der Waals surface area contributed by atoms with Crippen LogP contribution in [0.2, 0.25) is 0 Å². The van der Waals surface area contributed by atoms with Crippen molar-refractivity contribution in [1.29, 1.82) is 0 Å². The van der Waals surface area contributed by atoms with E-state index in [2.05, 4.69) is 5.32 Å². The van der Waals surface area contributed by atoms with Gasteiger partial charge in [0.25, 0.3) is 0 Å². The van der Waals surface area contributed by atoms with E-state index in [9.17, 15) is 4.79 Å². The van der Waals surface area contributed by atoms with Crippen LogP contribution in [0.25, 0.3) is 0 Å². The van der Waals surface area contributed by atoms with Crippen LogP contribution in [-0.2, 0) is 22.7 Å². The fourth-order valence-electron chi connectivity index (χ4n) is 1.51. The van der Waals surface area contributed by atoms with Crippen molar-refractivity contribution in [2.75, 3.05) is 0 Å². The van der Waals surface area contributed by atoms with Crippen molar-refractivity contribution in [3.05, 3.63) is 35.4 Å². The lowest BCUT2D eigenvalue weighted by atomic mass is 10.1. The zero-order valence-electron chi connectivity index (χ0n) is 12.1. The minimum absolute atomic E-state index is 0.0437. The van der Waals surface area contributed by atoms with Crippen molar-refractivity contribution >= 4 is 5.97 Å². The van der Waals surface area contributed by atoms with Crippen LogP contribution in [0.5, 0.6) is 0 Å². The van der Waals surface area contributed by atoms with Gasteiger partial charge < -0.3 is 15.2 Å². The first-order valence-corrected chi connectivity index (χ1v) is 6.47. The minimum Gasteiger partial charge on any atom is -0.459 e. The first kappa shape index (κ1) is 15.7. The molecule has 0 aliphatic heterocycles. The topological polar surface area (TPSA) is 58.6 Å². The fourth-order valence-corrected chi connectivity index (χ4v) is 1.51. The number of carbonyl (C=O) groups is 1. The van der Waals surface area contributed by atoms with E-state index in [1.165, 1.54) is 0 Å². The summed E-state index contributed by atoms with van der Waals surface area (Å²) in [5.74, 6) is -0.250. The molecule has 0 spiro atoms. The number of rotatable bonds is 5. The van der Waals surface area contributed by atoms with Gasteiger partial charge in [-0.2, -0.15) is 0 Å². The molecule has 2 N–H and O–H groups in total. The van der Waals surface area contributed by atoms with Gasteiger partial charge in [0, 0.05) is 6.54 Å². The summed E-state index contributed by atoms with van der Waals surface area (Å²) in [5.41, 5.74) is 1.48. The molecule has 0 aliphatic carbocycles. The van der Waals surface area contributed by atoms with E-state index < -0.39 is 5.60 Å². The van der Waals surface area contributed by atoms with E-state index in [-0.39, 0.29) is 18.6 Å². The third-order valence-electron chi connectivity index (χ3n) is 2.58. The molecule has 4 nitrogen and oxygen atoms in total. The number of nitrogens with one attached hydrogen (secondary N) is 1. The molecule has 1 aromatic rings. The number of carbonyl (C=O) groups excluding carboxylic acids is 1. The maximum absolute atomic E-state index is 11.8. The quantitative estimate of drug-likeness (QED) is 0.799. The average Bonchev–Trinajstić information content (AvgIpc) is 2.34. The Labute approximate surface area is 114 Å². The van der Waals surface area contributed by atoms with Gasteiger partial charge in [-0.1, -0.05) is 24.3 Å². The number of aliphatic hydroxyl groups is 1. The summed E-state index contributed by atoms with van der Waals surface area (Å²) in [6.45, 7) is 7.98. The molecule has 0 saturated heterocycles. The van der Waals surface area contributed by atoms with Crippen LogP contribution in [0.15, 0.2) is 24.3 Å². The Morgan fingerprint density at radius 1 is 1.26 bits per heavy atom. The van der Waals surface area contributed by atoms with Crippen molar-refractivity contribution in [1.82, 2.24) is 5.32 Å². The lowest BCUT2D eigenvalue weighted by Gasteiger charge is -2.22. The maximum atomic E-state index is 11.8. The number of hydrogen-bond acceptors (Lipinski definition) is 4. The molecule has 0 aliphatic rings. The SMILES string of the molecule is CC(NCc1ccc(CO)cc1)C(=O)OC(C)(C)C. The van der Waals surface area contributed by atoms with Gasteiger partial charge in [0.05, 0.1) is 6.61 Å². The highest BCUT2D eigenvalue weighted by Crippen LogP contribution is 2.09. The summed E-state index contributed by atoms with van der Waals surface area (Å²) in [4.78, 5) is 11.8. The number of hydrogen-bond donors (Lipinski definition) is 2. The molecule has 1 unspecified atom stereocenters. The smallest absolute Gasteiger partial charge is 0.323 e. The predicted octanol–water partition coefficient (Wildman–Crippen LogP) is 2.00. The Bertz CT molecular complexity index is 406. The van der Waals surface area contributed by atoms with Gasteiger partial charge in [-0.25, -0.2) is 0 Å². The molecule has 106 valence electrons. The number of benzene rings is 1. The predicted molar refractivity (Wildman–Crippen MR) is 74.5 cm³/mol. The molecule has 19 heavy (non-hydrogen) atoms. The Kier molecular flexibility index (Phi) is 5.51. The van der Waals surface area contributed by atoms with Crippen LogP contribution in [0, 0.1) is 0 Å². The summed E-state index contributed by atoms with van der Waals surface area (Å²) in [7, 11) is 0. The third-order valence-corrected chi connectivity index (χ3v) is 2.58. The highest BCUT2D eigenvalue weighted by atomic mass is 16.6. The van der Waals surface area contributed by atoms with Crippen molar-refractivity contribution in [2.45, 2.75) is 52.5 Å². The van der Waals surface area contributed by atoms with Gasteiger partial charge in [0.1, 0.15) is 11.6 Å². The summed E-state index contributed by atoms with van der Waals surface area (Å²) in [6, 6.07) is 7.25. The van der Waals surface area contributed by atoms with Gasteiger partial charge in [0.2, 0.25) is 0 Å². The van der Waals surface area contributed by atoms with Crippen LogP contribution >= 0.6 is 0 Å². The minimum atomic E-state index is -0.463. The molecular formula is C15H23NO3. The van der Waals surface area contributed by atoms with Gasteiger partial charge in [-0.15, -0.1) is 0 Å². The van der Waals surface area contributed by atoms with E-state index in [0.717, 1.165) is 11.1 Å². The summed E-state index contributed by atoms with van der Waals surface area (Å²) < 4.78 is 5.29. The summed E-state index contributed by atoms with van der Waals surface area (Å²) in [6.07, 6.45) is 0. The van der Waals surface area contributed by atoms with E-state index >= 15 is 0 Å². The second-order valence-electron chi connectivity index (χ2n) is 5.61. The Morgan fingerprint density at radius 3 is 2.26 bits per heavy atom. The molecule has 1 aromatic carbocycles. The van der Waals surface area contributed by atoms with Gasteiger partial charge in [-0.3, -0.25) is 4.79 Å². The molecule has 1 atom stereocenters.